The highest BCUT2D eigenvalue weighted by Crippen LogP contribution is 2.30. The van der Waals surface area contributed by atoms with Crippen molar-refractivity contribution in [2.45, 2.75) is 26.1 Å². The molecule has 0 spiro atoms. The summed E-state index contributed by atoms with van der Waals surface area (Å²) in [4.78, 5) is 24.3. The molecule has 0 saturated heterocycles. The molecule has 4 aromatic rings. The first-order valence-corrected chi connectivity index (χ1v) is 10.1. The van der Waals surface area contributed by atoms with Crippen molar-refractivity contribution in [1.82, 2.24) is 24.7 Å². The first-order valence-electron chi connectivity index (χ1n) is 9.68. The maximum Gasteiger partial charge on any atom is 0.417 e. The highest BCUT2D eigenvalue weighted by molar-refractivity contribution is 6.33. The van der Waals surface area contributed by atoms with Crippen LogP contribution < -0.4 is 10.9 Å². The molecule has 0 aliphatic heterocycles. The van der Waals surface area contributed by atoms with Crippen molar-refractivity contribution in [3.05, 3.63) is 75.6 Å². The molecule has 1 aromatic carbocycles. The summed E-state index contributed by atoms with van der Waals surface area (Å²) < 4.78 is 39.1. The van der Waals surface area contributed by atoms with Crippen LogP contribution in [0.5, 0.6) is 0 Å². The molecule has 0 aliphatic carbocycles. The highest BCUT2D eigenvalue weighted by atomic mass is 35.5. The first kappa shape index (κ1) is 21.8. The third kappa shape index (κ3) is 4.18. The van der Waals surface area contributed by atoms with Gasteiger partial charge in [-0.2, -0.15) is 23.0 Å². The van der Waals surface area contributed by atoms with Gasteiger partial charge in [-0.1, -0.05) is 37.6 Å². The van der Waals surface area contributed by atoms with E-state index in [1.54, 1.807) is 0 Å². The molecule has 4 rings (SSSR count). The number of fused-ring (bicyclic) bond motifs is 1. The summed E-state index contributed by atoms with van der Waals surface area (Å²) in [5.41, 5.74) is 0.324. The number of hydrogen-bond acceptors (Lipinski definition) is 5. The Bertz CT molecular complexity index is 1280. The SMILES string of the molecule is CC(C)[C@H](Nc1cnn(-c2ccc(C(F)(F)F)cn2)c(=O)c1Cl)c1nc2ccccc2[nH]1. The van der Waals surface area contributed by atoms with E-state index in [2.05, 4.69) is 25.4 Å². The molecule has 0 radical (unpaired) electrons. The summed E-state index contributed by atoms with van der Waals surface area (Å²) in [6.45, 7) is 3.97. The molecule has 3 heterocycles. The number of hydrogen-bond donors (Lipinski definition) is 2. The second-order valence-corrected chi connectivity index (χ2v) is 7.88. The maximum atomic E-state index is 12.8. The molecule has 0 aliphatic rings. The molecule has 166 valence electrons. The van der Waals surface area contributed by atoms with Gasteiger partial charge >= 0.3 is 6.18 Å². The highest BCUT2D eigenvalue weighted by Gasteiger charge is 2.31. The van der Waals surface area contributed by atoms with E-state index in [1.165, 1.54) is 6.20 Å². The topological polar surface area (TPSA) is 88.5 Å². The zero-order valence-corrected chi connectivity index (χ0v) is 17.7. The number of nitrogens with one attached hydrogen (secondary N) is 2. The van der Waals surface area contributed by atoms with Crippen LogP contribution in [-0.4, -0.2) is 24.7 Å². The molecular formula is C21H18ClF3N6O. The van der Waals surface area contributed by atoms with Gasteiger partial charge in [0.2, 0.25) is 0 Å². The van der Waals surface area contributed by atoms with E-state index >= 15 is 0 Å². The lowest BCUT2D eigenvalue weighted by molar-refractivity contribution is -0.137. The third-order valence-electron chi connectivity index (χ3n) is 4.89. The van der Waals surface area contributed by atoms with Crippen LogP contribution in [0.25, 0.3) is 16.9 Å². The Labute approximate surface area is 185 Å². The number of aromatic amines is 1. The molecular weight excluding hydrogens is 445 g/mol. The maximum absolute atomic E-state index is 12.8. The second kappa shape index (κ2) is 8.27. The first-order chi connectivity index (χ1) is 15.1. The largest absolute Gasteiger partial charge is 0.417 e. The average molecular weight is 463 g/mol. The van der Waals surface area contributed by atoms with Crippen LogP contribution in [0.3, 0.4) is 0 Å². The van der Waals surface area contributed by atoms with Crippen LogP contribution in [0.4, 0.5) is 18.9 Å². The lowest BCUT2D eigenvalue weighted by Crippen LogP contribution is -2.25. The van der Waals surface area contributed by atoms with E-state index < -0.39 is 17.3 Å². The summed E-state index contributed by atoms with van der Waals surface area (Å²) in [6.07, 6.45) is -2.56. The fourth-order valence-electron chi connectivity index (χ4n) is 3.21. The number of aromatic nitrogens is 5. The number of alkyl halides is 3. The third-order valence-corrected chi connectivity index (χ3v) is 5.26. The van der Waals surface area contributed by atoms with Crippen LogP contribution in [0.15, 0.2) is 53.6 Å². The van der Waals surface area contributed by atoms with E-state index in [0.29, 0.717) is 12.0 Å². The van der Waals surface area contributed by atoms with E-state index in [0.717, 1.165) is 27.8 Å². The Morgan fingerprint density at radius 2 is 1.88 bits per heavy atom. The van der Waals surface area contributed by atoms with E-state index in [-0.39, 0.29) is 28.5 Å². The summed E-state index contributed by atoms with van der Waals surface area (Å²) in [5, 5.41) is 7.07. The number of halogens is 4. The van der Waals surface area contributed by atoms with Crippen molar-refractivity contribution >= 4 is 28.3 Å². The molecule has 0 amide bonds. The molecule has 0 fully saturated rings. The number of imidazole rings is 1. The summed E-state index contributed by atoms with van der Waals surface area (Å²) in [7, 11) is 0. The minimum Gasteiger partial charge on any atom is -0.372 e. The zero-order chi connectivity index (χ0) is 23.0. The fourth-order valence-corrected chi connectivity index (χ4v) is 3.40. The number of anilines is 1. The molecule has 2 N–H and O–H groups in total. The van der Waals surface area contributed by atoms with Crippen molar-refractivity contribution < 1.29 is 13.2 Å². The van der Waals surface area contributed by atoms with Crippen LogP contribution in [0.2, 0.25) is 5.02 Å². The van der Waals surface area contributed by atoms with E-state index in [4.69, 9.17) is 11.6 Å². The van der Waals surface area contributed by atoms with Gasteiger partial charge in [-0.15, -0.1) is 0 Å². The predicted molar refractivity (Wildman–Crippen MR) is 115 cm³/mol. The van der Waals surface area contributed by atoms with Crippen molar-refractivity contribution in [1.29, 1.82) is 0 Å². The van der Waals surface area contributed by atoms with Crippen LogP contribution in [0.1, 0.15) is 31.3 Å². The van der Waals surface area contributed by atoms with Gasteiger partial charge in [0.1, 0.15) is 10.8 Å². The van der Waals surface area contributed by atoms with Crippen molar-refractivity contribution in [2.75, 3.05) is 5.32 Å². The fraction of sp³-hybridized carbons (Fsp3) is 0.238. The molecule has 1 atom stereocenters. The van der Waals surface area contributed by atoms with Gasteiger partial charge in [-0.05, 0) is 30.2 Å². The van der Waals surface area contributed by atoms with Gasteiger partial charge in [-0.25, -0.2) is 9.97 Å². The van der Waals surface area contributed by atoms with Gasteiger partial charge in [0.15, 0.2) is 5.82 Å². The van der Waals surface area contributed by atoms with Crippen LogP contribution in [0, 0.1) is 5.92 Å². The van der Waals surface area contributed by atoms with Gasteiger partial charge in [-0.3, -0.25) is 4.79 Å². The lowest BCUT2D eigenvalue weighted by Gasteiger charge is -2.22. The molecule has 32 heavy (non-hydrogen) atoms. The van der Waals surface area contributed by atoms with Crippen molar-refractivity contribution in [3.8, 4) is 5.82 Å². The Balaban J connectivity index is 1.65. The second-order valence-electron chi connectivity index (χ2n) is 7.50. The molecule has 7 nitrogen and oxygen atoms in total. The van der Waals surface area contributed by atoms with Gasteiger partial charge in [0.05, 0.1) is 34.5 Å². The van der Waals surface area contributed by atoms with Crippen LogP contribution in [-0.2, 0) is 6.18 Å². The molecule has 11 heteroatoms. The van der Waals surface area contributed by atoms with Gasteiger partial charge in [0, 0.05) is 6.20 Å². The quantitative estimate of drug-likeness (QED) is 0.436. The number of rotatable bonds is 5. The normalized spacial score (nSPS) is 13.0. The van der Waals surface area contributed by atoms with E-state index in [9.17, 15) is 18.0 Å². The monoisotopic (exact) mass is 462 g/mol. The molecule has 0 saturated carbocycles. The zero-order valence-electron chi connectivity index (χ0n) is 17.0. The van der Waals surface area contributed by atoms with Crippen molar-refractivity contribution in [3.63, 3.8) is 0 Å². The summed E-state index contributed by atoms with van der Waals surface area (Å²) in [6, 6.07) is 9.17. The Kier molecular flexibility index (Phi) is 5.64. The van der Waals surface area contributed by atoms with Gasteiger partial charge in [0.25, 0.3) is 5.56 Å². The van der Waals surface area contributed by atoms with Crippen LogP contribution >= 0.6 is 11.6 Å². The standard InChI is InChI=1S/C21H18ClF3N6O/c1-11(2)18(19-29-13-5-3-4-6-14(13)30-19)28-15-10-27-31(20(32)17(15)22)16-8-7-12(9-26-16)21(23,24)25/h3-11,18,28H,1-2H3,(H,29,30)/t18-/m0/s1. The summed E-state index contributed by atoms with van der Waals surface area (Å²) >= 11 is 6.29. The molecule has 3 aromatic heterocycles. The smallest absolute Gasteiger partial charge is 0.372 e. The number of pyridine rings is 1. The lowest BCUT2D eigenvalue weighted by atomic mass is 10.0. The minimum atomic E-state index is -4.53. The molecule has 0 bridgehead atoms. The van der Waals surface area contributed by atoms with E-state index in [1.807, 2.05) is 38.1 Å². The Morgan fingerprint density at radius 1 is 1.12 bits per heavy atom. The average Bonchev–Trinajstić information content (AvgIpc) is 3.18. The van der Waals surface area contributed by atoms with Crippen molar-refractivity contribution in [2.24, 2.45) is 5.92 Å². The number of para-hydroxylation sites is 2. The summed E-state index contributed by atoms with van der Waals surface area (Å²) in [5.74, 6) is 0.672. The number of nitrogens with zero attached hydrogens (tertiary/aromatic N) is 4. The Morgan fingerprint density at radius 3 is 2.50 bits per heavy atom. The predicted octanol–water partition coefficient (Wildman–Crippen LogP) is 4.99. The number of benzene rings is 1. The van der Waals surface area contributed by atoms with Gasteiger partial charge < -0.3 is 10.3 Å². The Hall–Kier alpha value is -3.40. The molecule has 0 unspecified atom stereocenters. The number of H-pyrrole nitrogens is 1. The minimum absolute atomic E-state index is 0.0747.